The van der Waals surface area contributed by atoms with E-state index in [1.165, 1.54) is 17.6 Å². The van der Waals surface area contributed by atoms with Gasteiger partial charge in [0.15, 0.2) is 0 Å². The fourth-order valence-corrected chi connectivity index (χ4v) is 3.16. The lowest BCUT2D eigenvalue weighted by atomic mass is 10.0. The predicted octanol–water partition coefficient (Wildman–Crippen LogP) is 5.44. The fraction of sp³-hybridized carbons (Fsp3) is 0.200. The summed E-state index contributed by atoms with van der Waals surface area (Å²) in [7, 11) is 0. The molecule has 0 fully saturated rings. The van der Waals surface area contributed by atoms with Gasteiger partial charge in [0.05, 0.1) is 0 Å². The molecule has 0 saturated heterocycles. The van der Waals surface area contributed by atoms with Gasteiger partial charge >= 0.3 is 6.09 Å². The monoisotopic (exact) mass is 526 g/mol. The van der Waals surface area contributed by atoms with Gasteiger partial charge in [-0.05, 0) is 61.7 Å². The Morgan fingerprint density at radius 2 is 1.79 bits per heavy atom. The summed E-state index contributed by atoms with van der Waals surface area (Å²) in [4.78, 5) is 23.3. The minimum absolute atomic E-state index is 0.0184. The number of unbranched alkanes of at least 4 members (excludes halogenated alkanes) is 1. The van der Waals surface area contributed by atoms with Crippen molar-refractivity contribution in [3.05, 3.63) is 69.1 Å². The molecule has 2 aromatic carbocycles. The van der Waals surface area contributed by atoms with Gasteiger partial charge in [-0.1, -0.05) is 37.9 Å². The van der Waals surface area contributed by atoms with Crippen LogP contribution in [0.1, 0.15) is 30.9 Å². The number of anilines is 1. The summed E-state index contributed by atoms with van der Waals surface area (Å²) in [5, 5.41) is 21.3. The van der Waals surface area contributed by atoms with Crippen LogP contribution < -0.4 is 10.8 Å². The van der Waals surface area contributed by atoms with E-state index in [0.29, 0.717) is 30.5 Å². The van der Waals surface area contributed by atoms with Crippen molar-refractivity contribution < 1.29 is 24.6 Å². The molecule has 29 heavy (non-hydrogen) atoms. The zero-order valence-corrected chi connectivity index (χ0v) is 18.4. The van der Waals surface area contributed by atoms with Gasteiger partial charge in [-0.25, -0.2) is 10.3 Å². The second kappa shape index (κ2) is 11.6. The van der Waals surface area contributed by atoms with Crippen molar-refractivity contribution in [1.82, 2.24) is 5.48 Å². The lowest BCUT2D eigenvalue weighted by Gasteiger charge is -2.20. The van der Waals surface area contributed by atoms with Gasteiger partial charge in [0.1, 0.15) is 11.9 Å². The van der Waals surface area contributed by atoms with E-state index in [1.54, 1.807) is 42.5 Å². The van der Waals surface area contributed by atoms with Gasteiger partial charge in [-0.15, -0.1) is 0 Å². The summed E-state index contributed by atoms with van der Waals surface area (Å²) in [5.41, 5.74) is 2.56. The summed E-state index contributed by atoms with van der Waals surface area (Å²) in [5.74, 6) is -0.596. The molecule has 0 aromatic heterocycles. The summed E-state index contributed by atoms with van der Waals surface area (Å²) in [6.07, 6.45) is 3.00. The number of hydroxylamine groups is 1. The first-order valence-corrected chi connectivity index (χ1v) is 10.3. The second-order valence-corrected chi connectivity index (χ2v) is 7.87. The molecule has 0 aliphatic rings. The number of phenolic OH excluding ortho intramolecular Hbond substituents is 1. The first kappa shape index (κ1) is 22.9. The quantitative estimate of drug-likeness (QED) is 0.158. The number of carbonyl (C=O) groups is 2. The highest BCUT2D eigenvalue weighted by Gasteiger charge is 2.20. The van der Waals surface area contributed by atoms with E-state index < -0.39 is 18.1 Å². The van der Waals surface area contributed by atoms with Crippen LogP contribution in [-0.2, 0) is 9.53 Å². The zero-order chi connectivity index (χ0) is 21.2. The van der Waals surface area contributed by atoms with E-state index in [0.717, 1.165) is 8.95 Å². The highest BCUT2D eigenvalue weighted by molar-refractivity contribution is 9.10. The lowest BCUT2D eigenvalue weighted by Crippen LogP contribution is -2.18. The van der Waals surface area contributed by atoms with Crippen molar-refractivity contribution in [3.8, 4) is 5.75 Å². The van der Waals surface area contributed by atoms with Crippen LogP contribution in [-0.4, -0.2) is 22.3 Å². The number of hydrogen-bond acceptors (Lipinski definition) is 5. The molecule has 9 heteroatoms. The third kappa shape index (κ3) is 7.88. The molecule has 0 spiro atoms. The largest absolute Gasteiger partial charge is 0.508 e. The van der Waals surface area contributed by atoms with E-state index in [1.807, 2.05) is 0 Å². The number of ether oxygens (including phenoxy) is 1. The fourth-order valence-electron chi connectivity index (χ4n) is 2.52. The van der Waals surface area contributed by atoms with E-state index in [-0.39, 0.29) is 5.75 Å². The normalized spacial score (nSPS) is 11.8. The molecule has 0 unspecified atom stereocenters. The van der Waals surface area contributed by atoms with Crippen LogP contribution in [0.15, 0.2) is 63.6 Å². The Bertz CT molecular complexity index is 872. The smallest absolute Gasteiger partial charge is 0.412 e. The minimum Gasteiger partial charge on any atom is -0.508 e. The van der Waals surface area contributed by atoms with Crippen LogP contribution in [0.25, 0.3) is 0 Å². The van der Waals surface area contributed by atoms with Gasteiger partial charge in [-0.3, -0.25) is 15.3 Å². The number of carbonyl (C=O) groups excluding carboxylic acids is 2. The van der Waals surface area contributed by atoms with Crippen LogP contribution in [0.2, 0.25) is 0 Å². The predicted molar refractivity (Wildman–Crippen MR) is 116 cm³/mol. The van der Waals surface area contributed by atoms with Crippen molar-refractivity contribution in [2.75, 3.05) is 5.32 Å². The number of rotatable bonds is 8. The Labute approximate surface area is 185 Å². The number of phenols is 1. The van der Waals surface area contributed by atoms with E-state index in [4.69, 9.17) is 9.94 Å². The van der Waals surface area contributed by atoms with Gasteiger partial charge in [0.25, 0.3) is 5.91 Å². The van der Waals surface area contributed by atoms with Crippen LogP contribution in [0, 0.1) is 0 Å². The summed E-state index contributed by atoms with van der Waals surface area (Å²) < 4.78 is 7.20. The van der Waals surface area contributed by atoms with Crippen LogP contribution >= 0.6 is 31.9 Å². The minimum atomic E-state index is -0.692. The maximum atomic E-state index is 12.4. The Balaban J connectivity index is 2.06. The van der Waals surface area contributed by atoms with Crippen molar-refractivity contribution in [1.29, 1.82) is 0 Å². The zero-order valence-electron chi connectivity index (χ0n) is 15.3. The van der Waals surface area contributed by atoms with Crippen LogP contribution in [0.4, 0.5) is 10.5 Å². The highest BCUT2D eigenvalue weighted by Crippen LogP contribution is 2.33. The standard InChI is InChI=1S/C20H20Br2N2O5/c21-13-6-9-15(10-7-13)23-20(27)29-18(4-2-1-3-5-19(26)24-28)16-12-14(22)8-11-17(16)25/h3,5-12,18,25,28H,1-2,4H2,(H,23,27)(H,24,26)/b5-3+/t18-/m1/s1. The molecule has 7 nitrogen and oxygen atoms in total. The van der Waals surface area contributed by atoms with Crippen molar-refractivity contribution in [2.24, 2.45) is 0 Å². The first-order chi connectivity index (χ1) is 13.9. The van der Waals surface area contributed by atoms with Crippen molar-refractivity contribution >= 4 is 49.5 Å². The number of hydrogen-bond donors (Lipinski definition) is 4. The molecule has 0 radical (unpaired) electrons. The number of halogens is 2. The lowest BCUT2D eigenvalue weighted by molar-refractivity contribution is -0.124. The molecule has 1 atom stereocenters. The summed E-state index contributed by atoms with van der Waals surface area (Å²) in [6.45, 7) is 0. The molecular formula is C20H20Br2N2O5. The average Bonchev–Trinajstić information content (AvgIpc) is 2.70. The van der Waals surface area contributed by atoms with Crippen LogP contribution in [0.3, 0.4) is 0 Å². The maximum absolute atomic E-state index is 12.4. The number of aromatic hydroxyl groups is 1. The Morgan fingerprint density at radius 3 is 2.48 bits per heavy atom. The van der Waals surface area contributed by atoms with Crippen molar-refractivity contribution in [3.63, 3.8) is 0 Å². The molecule has 0 aliphatic carbocycles. The van der Waals surface area contributed by atoms with Gasteiger partial charge in [0.2, 0.25) is 0 Å². The summed E-state index contributed by atoms with van der Waals surface area (Å²) in [6, 6.07) is 12.0. The third-order valence-electron chi connectivity index (χ3n) is 3.89. The van der Waals surface area contributed by atoms with E-state index in [2.05, 4.69) is 37.2 Å². The number of benzene rings is 2. The molecule has 154 valence electrons. The van der Waals surface area contributed by atoms with E-state index in [9.17, 15) is 14.7 Å². The Morgan fingerprint density at radius 1 is 1.10 bits per heavy atom. The topological polar surface area (TPSA) is 108 Å². The van der Waals surface area contributed by atoms with Gasteiger partial charge in [0, 0.05) is 26.3 Å². The first-order valence-electron chi connectivity index (χ1n) is 8.71. The van der Waals surface area contributed by atoms with E-state index >= 15 is 0 Å². The second-order valence-electron chi connectivity index (χ2n) is 6.04. The summed E-state index contributed by atoms with van der Waals surface area (Å²) >= 11 is 6.69. The molecule has 2 amide bonds. The number of nitrogens with one attached hydrogen (secondary N) is 2. The number of allylic oxidation sites excluding steroid dienone is 1. The molecule has 0 bridgehead atoms. The van der Waals surface area contributed by atoms with Gasteiger partial charge < -0.3 is 9.84 Å². The van der Waals surface area contributed by atoms with Crippen molar-refractivity contribution in [2.45, 2.75) is 25.4 Å². The Kier molecular flexibility index (Phi) is 9.17. The Hall–Kier alpha value is -2.36. The SMILES string of the molecule is O=C(/C=C/CCC[C@@H](OC(=O)Nc1ccc(Br)cc1)c1cc(Br)ccc1O)NO. The molecule has 4 N–H and O–H groups in total. The molecule has 2 rings (SSSR count). The molecule has 2 aromatic rings. The van der Waals surface area contributed by atoms with Crippen LogP contribution in [0.5, 0.6) is 5.75 Å². The molecular weight excluding hydrogens is 508 g/mol. The average molecular weight is 528 g/mol. The third-order valence-corrected chi connectivity index (χ3v) is 4.91. The number of amides is 2. The molecule has 0 saturated carbocycles. The molecule has 0 heterocycles. The van der Waals surface area contributed by atoms with Gasteiger partial charge in [-0.2, -0.15) is 0 Å². The highest BCUT2D eigenvalue weighted by atomic mass is 79.9. The molecule has 0 aliphatic heterocycles. The maximum Gasteiger partial charge on any atom is 0.412 e.